The molecule has 0 radical (unpaired) electrons. The van der Waals surface area contributed by atoms with Gasteiger partial charge in [-0.2, -0.15) is 0 Å². The van der Waals surface area contributed by atoms with Crippen LogP contribution < -0.4 is 15.5 Å². The van der Waals surface area contributed by atoms with Gasteiger partial charge in [0, 0.05) is 35.6 Å². The largest absolute Gasteiger partial charge is 0.494 e. The smallest absolute Gasteiger partial charge is 0.257 e. The average molecular weight is 330 g/mol. The van der Waals surface area contributed by atoms with Gasteiger partial charge in [0.25, 0.3) is 5.91 Å². The SMILES string of the molecule is CCOc1ccc(CNC(=O)c2c[nH]c3c(c2=O)CCC3)c(F)c1. The molecule has 5 nitrogen and oxygen atoms in total. The van der Waals surface area contributed by atoms with E-state index in [0.29, 0.717) is 29.9 Å². The number of aromatic amines is 1. The lowest BCUT2D eigenvalue weighted by atomic mass is 10.1. The second-order valence-corrected chi connectivity index (χ2v) is 5.71. The number of pyridine rings is 1. The Bertz CT molecular complexity index is 829. The molecule has 3 rings (SSSR count). The van der Waals surface area contributed by atoms with Gasteiger partial charge in [-0.1, -0.05) is 6.07 Å². The van der Waals surface area contributed by atoms with Gasteiger partial charge in [-0.25, -0.2) is 4.39 Å². The summed E-state index contributed by atoms with van der Waals surface area (Å²) in [6.07, 6.45) is 3.89. The number of aromatic nitrogens is 1. The number of halogens is 1. The molecule has 24 heavy (non-hydrogen) atoms. The van der Waals surface area contributed by atoms with E-state index in [2.05, 4.69) is 10.3 Å². The third-order valence-corrected chi connectivity index (χ3v) is 4.15. The Kier molecular flexibility index (Phi) is 4.64. The summed E-state index contributed by atoms with van der Waals surface area (Å²) in [5.41, 5.74) is 1.78. The third-order valence-electron chi connectivity index (χ3n) is 4.15. The van der Waals surface area contributed by atoms with Crippen LogP contribution in [0, 0.1) is 5.82 Å². The fraction of sp³-hybridized carbons (Fsp3) is 0.333. The van der Waals surface area contributed by atoms with E-state index in [1.165, 1.54) is 12.3 Å². The highest BCUT2D eigenvalue weighted by molar-refractivity contribution is 5.94. The lowest BCUT2D eigenvalue weighted by Crippen LogP contribution is -2.30. The van der Waals surface area contributed by atoms with Crippen LogP contribution in [0.1, 0.15) is 40.5 Å². The summed E-state index contributed by atoms with van der Waals surface area (Å²) in [5, 5.41) is 2.60. The zero-order valence-corrected chi connectivity index (χ0v) is 13.4. The Hall–Kier alpha value is -2.63. The van der Waals surface area contributed by atoms with Gasteiger partial charge in [0.15, 0.2) is 5.43 Å². The maximum Gasteiger partial charge on any atom is 0.257 e. The van der Waals surface area contributed by atoms with Gasteiger partial charge >= 0.3 is 0 Å². The van der Waals surface area contributed by atoms with Crippen molar-refractivity contribution in [2.75, 3.05) is 6.61 Å². The molecule has 1 heterocycles. The number of carbonyl (C=O) groups excluding carboxylic acids is 1. The normalized spacial score (nSPS) is 12.8. The molecule has 1 aromatic heterocycles. The molecule has 2 N–H and O–H groups in total. The molecule has 6 heteroatoms. The van der Waals surface area contributed by atoms with Crippen LogP contribution in [0.3, 0.4) is 0 Å². The number of hydrogen-bond donors (Lipinski definition) is 2. The average Bonchev–Trinajstić information content (AvgIpc) is 3.04. The van der Waals surface area contributed by atoms with Crippen LogP contribution in [0.4, 0.5) is 4.39 Å². The topological polar surface area (TPSA) is 71.2 Å². The molecular formula is C18H19FN2O3. The van der Waals surface area contributed by atoms with Gasteiger partial charge < -0.3 is 15.0 Å². The summed E-state index contributed by atoms with van der Waals surface area (Å²) in [4.78, 5) is 27.6. The predicted molar refractivity (Wildman–Crippen MR) is 87.8 cm³/mol. The molecule has 1 aromatic carbocycles. The lowest BCUT2D eigenvalue weighted by Gasteiger charge is -2.09. The fourth-order valence-corrected chi connectivity index (χ4v) is 2.91. The van der Waals surface area contributed by atoms with Crippen LogP contribution in [0.2, 0.25) is 0 Å². The molecule has 0 atom stereocenters. The zero-order chi connectivity index (χ0) is 17.1. The van der Waals surface area contributed by atoms with Gasteiger partial charge in [-0.15, -0.1) is 0 Å². The Labute approximate surface area is 138 Å². The first-order valence-corrected chi connectivity index (χ1v) is 8.03. The molecule has 0 aliphatic heterocycles. The first kappa shape index (κ1) is 16.2. The van der Waals surface area contributed by atoms with Crippen LogP contribution in [-0.4, -0.2) is 17.5 Å². The first-order chi connectivity index (χ1) is 11.6. The van der Waals surface area contributed by atoms with E-state index in [1.54, 1.807) is 12.1 Å². The maximum atomic E-state index is 14.0. The number of fused-ring (bicyclic) bond motifs is 1. The van der Waals surface area contributed by atoms with E-state index >= 15 is 0 Å². The predicted octanol–water partition coefficient (Wildman–Crippen LogP) is 2.33. The molecule has 0 spiro atoms. The van der Waals surface area contributed by atoms with E-state index < -0.39 is 11.7 Å². The van der Waals surface area contributed by atoms with Crippen LogP contribution in [-0.2, 0) is 19.4 Å². The fourth-order valence-electron chi connectivity index (χ4n) is 2.91. The lowest BCUT2D eigenvalue weighted by molar-refractivity contribution is 0.0949. The van der Waals surface area contributed by atoms with Crippen molar-refractivity contribution in [2.24, 2.45) is 0 Å². The van der Waals surface area contributed by atoms with Gasteiger partial charge in [0.1, 0.15) is 17.1 Å². The van der Waals surface area contributed by atoms with E-state index in [4.69, 9.17) is 4.74 Å². The minimum absolute atomic E-state index is 0.00754. The number of ether oxygens (including phenoxy) is 1. The van der Waals surface area contributed by atoms with Crippen LogP contribution >= 0.6 is 0 Å². The minimum atomic E-state index is -0.501. The van der Waals surface area contributed by atoms with E-state index in [1.807, 2.05) is 6.92 Å². The summed E-state index contributed by atoms with van der Waals surface area (Å²) in [5.74, 6) is -0.511. The van der Waals surface area contributed by atoms with Gasteiger partial charge in [0.05, 0.1) is 6.61 Å². The van der Waals surface area contributed by atoms with Crippen LogP contribution in [0.25, 0.3) is 0 Å². The molecule has 0 fully saturated rings. The van der Waals surface area contributed by atoms with E-state index in [0.717, 1.165) is 18.5 Å². The molecule has 1 aliphatic rings. The minimum Gasteiger partial charge on any atom is -0.494 e. The number of rotatable bonds is 5. The Balaban J connectivity index is 1.71. The molecule has 2 aromatic rings. The Morgan fingerprint density at radius 2 is 2.21 bits per heavy atom. The number of carbonyl (C=O) groups is 1. The third kappa shape index (κ3) is 3.18. The van der Waals surface area contributed by atoms with Crippen molar-refractivity contribution in [2.45, 2.75) is 32.7 Å². The summed E-state index contributed by atoms with van der Waals surface area (Å²) in [6, 6.07) is 4.50. The van der Waals surface area contributed by atoms with Gasteiger partial charge in [-0.3, -0.25) is 9.59 Å². The number of amides is 1. The molecule has 126 valence electrons. The second kappa shape index (κ2) is 6.86. The van der Waals surface area contributed by atoms with Crippen molar-refractivity contribution in [3.63, 3.8) is 0 Å². The highest BCUT2D eigenvalue weighted by Gasteiger charge is 2.20. The van der Waals surface area contributed by atoms with Gasteiger partial charge in [0.2, 0.25) is 0 Å². The number of aryl methyl sites for hydroxylation is 1. The number of nitrogens with one attached hydrogen (secondary N) is 2. The quantitative estimate of drug-likeness (QED) is 0.884. The van der Waals surface area contributed by atoms with E-state index in [9.17, 15) is 14.0 Å². The number of hydrogen-bond acceptors (Lipinski definition) is 3. The van der Waals surface area contributed by atoms with Crippen LogP contribution in [0.5, 0.6) is 5.75 Å². The molecule has 1 aliphatic carbocycles. The second-order valence-electron chi connectivity index (χ2n) is 5.71. The van der Waals surface area contributed by atoms with Crippen molar-refractivity contribution in [3.8, 4) is 5.75 Å². The standard InChI is InChI=1S/C18H19FN2O3/c1-2-24-12-7-6-11(15(19)8-12)9-21-18(23)14-10-20-16-5-3-4-13(16)17(14)22/h6-8,10H,2-5,9H2,1H3,(H,20,22)(H,21,23). The van der Waals surface area contributed by atoms with Crippen molar-refractivity contribution in [1.29, 1.82) is 0 Å². The summed E-state index contributed by atoms with van der Waals surface area (Å²) < 4.78 is 19.2. The molecule has 0 saturated carbocycles. The highest BCUT2D eigenvalue weighted by Crippen LogP contribution is 2.18. The van der Waals surface area contributed by atoms with Crippen molar-refractivity contribution in [1.82, 2.24) is 10.3 Å². The van der Waals surface area contributed by atoms with Crippen LogP contribution in [0.15, 0.2) is 29.2 Å². The summed E-state index contributed by atoms with van der Waals surface area (Å²) >= 11 is 0. The molecule has 0 unspecified atom stereocenters. The molecule has 0 bridgehead atoms. The number of H-pyrrole nitrogens is 1. The molecule has 1 amide bonds. The zero-order valence-electron chi connectivity index (χ0n) is 13.4. The highest BCUT2D eigenvalue weighted by atomic mass is 19.1. The summed E-state index contributed by atoms with van der Waals surface area (Å²) in [6.45, 7) is 2.28. The molecule has 0 saturated heterocycles. The maximum absolute atomic E-state index is 14.0. The van der Waals surface area contributed by atoms with E-state index in [-0.39, 0.29) is 17.5 Å². The van der Waals surface area contributed by atoms with Crippen molar-refractivity contribution < 1.29 is 13.9 Å². The summed E-state index contributed by atoms with van der Waals surface area (Å²) in [7, 11) is 0. The van der Waals surface area contributed by atoms with Crippen molar-refractivity contribution in [3.05, 3.63) is 62.8 Å². The van der Waals surface area contributed by atoms with Gasteiger partial charge in [-0.05, 0) is 32.3 Å². The Morgan fingerprint density at radius 1 is 1.38 bits per heavy atom. The van der Waals surface area contributed by atoms with Crippen molar-refractivity contribution >= 4 is 5.91 Å². The number of benzene rings is 1. The first-order valence-electron chi connectivity index (χ1n) is 8.03. The molecular weight excluding hydrogens is 311 g/mol. The Morgan fingerprint density at radius 3 is 2.96 bits per heavy atom. The monoisotopic (exact) mass is 330 g/mol.